The normalized spacial score (nSPS) is 13.1. The van der Waals surface area contributed by atoms with Crippen molar-refractivity contribution < 1.29 is 9.90 Å². The highest BCUT2D eigenvalue weighted by molar-refractivity contribution is 5.76. The third kappa shape index (κ3) is 2.93. The van der Waals surface area contributed by atoms with E-state index in [4.69, 9.17) is 5.11 Å². The van der Waals surface area contributed by atoms with Crippen LogP contribution in [-0.4, -0.2) is 39.5 Å². The molecule has 0 aliphatic rings. The molecule has 0 spiro atoms. The number of fused-ring (bicyclic) bond motifs is 1. The Morgan fingerprint density at radius 3 is 2.89 bits per heavy atom. The number of hydrogen-bond donors (Lipinski definition) is 2. The van der Waals surface area contributed by atoms with Gasteiger partial charge in [0.2, 0.25) is 0 Å². The predicted octanol–water partition coefficient (Wildman–Crippen LogP) is 2.34. The van der Waals surface area contributed by atoms with Crippen LogP contribution in [0.25, 0.3) is 11.0 Å². The molecule has 102 valence electrons. The molecule has 19 heavy (non-hydrogen) atoms. The first-order chi connectivity index (χ1) is 9.01. The van der Waals surface area contributed by atoms with Gasteiger partial charge in [0.25, 0.3) is 0 Å². The molecular formula is C14H19N3O2. The molecule has 5 heteroatoms. The molecule has 0 amide bonds. The summed E-state index contributed by atoms with van der Waals surface area (Å²) in [6.07, 6.45) is 0.808. The Morgan fingerprint density at radius 2 is 2.26 bits per heavy atom. The number of likely N-dealkylation sites (N-methyl/N-ethyl adjacent to an activating group) is 1. The third-order valence-electron chi connectivity index (χ3n) is 3.27. The van der Waals surface area contributed by atoms with Gasteiger partial charge in [-0.3, -0.25) is 9.69 Å². The second-order valence-corrected chi connectivity index (χ2v) is 4.88. The lowest BCUT2D eigenvalue weighted by Crippen LogP contribution is -2.30. The second kappa shape index (κ2) is 5.40. The van der Waals surface area contributed by atoms with Gasteiger partial charge in [-0.1, -0.05) is 13.0 Å². The minimum absolute atomic E-state index is 0.00851. The van der Waals surface area contributed by atoms with Crippen molar-refractivity contribution in [3.05, 3.63) is 29.6 Å². The van der Waals surface area contributed by atoms with Crippen molar-refractivity contribution in [3.63, 3.8) is 0 Å². The van der Waals surface area contributed by atoms with Crippen LogP contribution in [0.3, 0.4) is 0 Å². The minimum Gasteiger partial charge on any atom is -0.480 e. The van der Waals surface area contributed by atoms with Crippen molar-refractivity contribution in [1.29, 1.82) is 0 Å². The molecule has 0 saturated carbocycles. The maximum absolute atomic E-state index is 10.8. The van der Waals surface area contributed by atoms with Gasteiger partial charge >= 0.3 is 5.97 Å². The topological polar surface area (TPSA) is 69.2 Å². The van der Waals surface area contributed by atoms with Crippen LogP contribution in [-0.2, 0) is 4.79 Å². The molecule has 1 aromatic heterocycles. The summed E-state index contributed by atoms with van der Waals surface area (Å²) >= 11 is 0. The number of aryl methyl sites for hydroxylation is 1. The zero-order valence-corrected chi connectivity index (χ0v) is 11.5. The fourth-order valence-corrected chi connectivity index (χ4v) is 2.34. The summed E-state index contributed by atoms with van der Waals surface area (Å²) < 4.78 is 0. The summed E-state index contributed by atoms with van der Waals surface area (Å²) in [5.41, 5.74) is 3.09. The molecule has 2 N–H and O–H groups in total. The van der Waals surface area contributed by atoms with Crippen LogP contribution in [0.5, 0.6) is 0 Å². The number of rotatable bonds is 5. The van der Waals surface area contributed by atoms with E-state index in [1.165, 1.54) is 5.56 Å². The van der Waals surface area contributed by atoms with Crippen molar-refractivity contribution in [2.24, 2.45) is 0 Å². The number of hydrogen-bond acceptors (Lipinski definition) is 3. The van der Waals surface area contributed by atoms with Crippen LogP contribution in [0, 0.1) is 6.92 Å². The molecule has 0 saturated heterocycles. The maximum atomic E-state index is 10.8. The Balaban J connectivity index is 2.32. The number of nitrogens with zero attached hydrogens (tertiary/aromatic N) is 2. The number of benzene rings is 1. The molecule has 2 aromatic rings. The number of aliphatic carboxylic acids is 1. The number of carboxylic acid groups (broad SMARTS) is 1. The lowest BCUT2D eigenvalue weighted by Gasteiger charge is -2.23. The van der Waals surface area contributed by atoms with Crippen LogP contribution in [0.4, 0.5) is 0 Å². The van der Waals surface area contributed by atoms with Crippen molar-refractivity contribution in [2.45, 2.75) is 26.3 Å². The van der Waals surface area contributed by atoms with Crippen molar-refractivity contribution in [1.82, 2.24) is 14.9 Å². The summed E-state index contributed by atoms with van der Waals surface area (Å²) in [5, 5.41) is 8.88. The molecule has 1 unspecified atom stereocenters. The quantitative estimate of drug-likeness (QED) is 0.866. The monoisotopic (exact) mass is 261 g/mol. The van der Waals surface area contributed by atoms with Crippen LogP contribution in [0.1, 0.15) is 30.8 Å². The highest BCUT2D eigenvalue weighted by Crippen LogP contribution is 2.23. The molecule has 0 bridgehead atoms. The van der Waals surface area contributed by atoms with Gasteiger partial charge in [-0.15, -0.1) is 0 Å². The maximum Gasteiger partial charge on any atom is 0.317 e. The van der Waals surface area contributed by atoms with Gasteiger partial charge in [0.05, 0.1) is 23.6 Å². The average Bonchev–Trinajstić information content (AvgIpc) is 2.71. The molecule has 0 aliphatic heterocycles. The Hall–Kier alpha value is -1.88. The second-order valence-electron chi connectivity index (χ2n) is 4.88. The molecular weight excluding hydrogens is 242 g/mol. The Bertz CT molecular complexity index is 591. The lowest BCUT2D eigenvalue weighted by atomic mass is 10.2. The van der Waals surface area contributed by atoms with Gasteiger partial charge in [-0.25, -0.2) is 4.98 Å². The largest absolute Gasteiger partial charge is 0.480 e. The van der Waals surface area contributed by atoms with E-state index < -0.39 is 5.97 Å². The molecule has 1 heterocycles. The van der Waals surface area contributed by atoms with Gasteiger partial charge in [-0.05, 0) is 38.1 Å². The van der Waals surface area contributed by atoms with Crippen LogP contribution in [0.15, 0.2) is 18.2 Å². The molecule has 0 fully saturated rings. The van der Waals surface area contributed by atoms with Gasteiger partial charge in [0, 0.05) is 0 Å². The van der Waals surface area contributed by atoms with E-state index in [1.54, 1.807) is 11.9 Å². The Kier molecular flexibility index (Phi) is 3.85. The van der Waals surface area contributed by atoms with E-state index >= 15 is 0 Å². The van der Waals surface area contributed by atoms with E-state index in [9.17, 15) is 4.79 Å². The summed E-state index contributed by atoms with van der Waals surface area (Å²) in [6, 6.07) is 6.04. The number of H-pyrrole nitrogens is 1. The van der Waals surface area contributed by atoms with Crippen LogP contribution in [0.2, 0.25) is 0 Å². The van der Waals surface area contributed by atoms with E-state index in [1.807, 2.05) is 26.0 Å². The van der Waals surface area contributed by atoms with E-state index in [0.29, 0.717) is 0 Å². The molecule has 1 aromatic carbocycles. The van der Waals surface area contributed by atoms with E-state index in [0.717, 1.165) is 23.3 Å². The molecule has 0 radical (unpaired) electrons. The number of carbonyl (C=O) groups is 1. The first kappa shape index (κ1) is 13.5. The fraction of sp³-hybridized carbons (Fsp3) is 0.429. The van der Waals surface area contributed by atoms with Crippen molar-refractivity contribution in [2.75, 3.05) is 13.6 Å². The third-order valence-corrected chi connectivity index (χ3v) is 3.27. The van der Waals surface area contributed by atoms with E-state index in [-0.39, 0.29) is 12.6 Å². The highest BCUT2D eigenvalue weighted by Gasteiger charge is 2.20. The number of nitrogens with one attached hydrogen (secondary N) is 1. The summed E-state index contributed by atoms with van der Waals surface area (Å²) in [6.45, 7) is 4.07. The Morgan fingerprint density at radius 1 is 1.53 bits per heavy atom. The zero-order chi connectivity index (χ0) is 14.0. The van der Waals surface area contributed by atoms with Gasteiger partial charge in [-0.2, -0.15) is 0 Å². The van der Waals surface area contributed by atoms with E-state index in [2.05, 4.69) is 16.0 Å². The first-order valence-electron chi connectivity index (χ1n) is 6.39. The molecule has 5 nitrogen and oxygen atoms in total. The number of aromatic amines is 1. The van der Waals surface area contributed by atoms with Gasteiger partial charge < -0.3 is 10.1 Å². The number of aromatic nitrogens is 2. The summed E-state index contributed by atoms with van der Waals surface area (Å²) in [4.78, 5) is 20.5. The number of carboxylic acids is 1. The van der Waals surface area contributed by atoms with Gasteiger partial charge in [0.1, 0.15) is 5.82 Å². The Labute approximate surface area is 112 Å². The summed E-state index contributed by atoms with van der Waals surface area (Å²) in [7, 11) is 1.81. The standard InChI is InChI=1S/C14H19N3O2/c1-4-12(17(3)8-13(18)19)14-15-10-6-5-9(2)7-11(10)16-14/h5-7,12H,4,8H2,1-3H3,(H,15,16)(H,18,19). The molecule has 2 rings (SSSR count). The fourth-order valence-electron chi connectivity index (χ4n) is 2.34. The minimum atomic E-state index is -0.826. The SMILES string of the molecule is CCC(c1nc2ccc(C)cc2[nH]1)N(C)CC(=O)O. The van der Waals surface area contributed by atoms with Crippen LogP contribution < -0.4 is 0 Å². The van der Waals surface area contributed by atoms with Crippen molar-refractivity contribution >= 4 is 17.0 Å². The highest BCUT2D eigenvalue weighted by atomic mass is 16.4. The smallest absolute Gasteiger partial charge is 0.317 e. The molecule has 1 atom stereocenters. The van der Waals surface area contributed by atoms with Crippen LogP contribution >= 0.6 is 0 Å². The number of imidazole rings is 1. The van der Waals surface area contributed by atoms with Gasteiger partial charge in [0.15, 0.2) is 0 Å². The zero-order valence-electron chi connectivity index (χ0n) is 11.5. The predicted molar refractivity (Wildman–Crippen MR) is 74.1 cm³/mol. The van der Waals surface area contributed by atoms with Crippen molar-refractivity contribution in [3.8, 4) is 0 Å². The lowest BCUT2D eigenvalue weighted by molar-refractivity contribution is -0.138. The first-order valence-corrected chi connectivity index (χ1v) is 6.39. The molecule has 0 aliphatic carbocycles. The average molecular weight is 261 g/mol. The summed E-state index contributed by atoms with van der Waals surface area (Å²) in [5.74, 6) is -0.000226.